The van der Waals surface area contributed by atoms with Crippen LogP contribution in [-0.2, 0) is 0 Å². The molecular weight excluding hydrogens is 228 g/mol. The Kier molecular flexibility index (Phi) is 3.91. The molecule has 0 saturated carbocycles. The minimum absolute atomic E-state index is 0.513. The minimum atomic E-state index is 0.513. The van der Waals surface area contributed by atoms with E-state index in [9.17, 15) is 0 Å². The summed E-state index contributed by atoms with van der Waals surface area (Å²) in [6.45, 7) is 4.07. The van der Waals surface area contributed by atoms with Gasteiger partial charge in [-0.1, -0.05) is 41.4 Å². The molecule has 70 valence electrons. The summed E-state index contributed by atoms with van der Waals surface area (Å²) in [5.41, 5.74) is 0.871. The topological polar surface area (TPSA) is 12.0 Å². The van der Waals surface area contributed by atoms with E-state index in [-0.39, 0.29) is 0 Å². The van der Waals surface area contributed by atoms with Gasteiger partial charge in [0.25, 0.3) is 0 Å². The van der Waals surface area contributed by atoms with E-state index in [0.717, 1.165) is 5.69 Å². The van der Waals surface area contributed by atoms with Gasteiger partial charge in [-0.05, 0) is 18.2 Å². The summed E-state index contributed by atoms with van der Waals surface area (Å²) in [5.74, 6) is 0. The van der Waals surface area contributed by atoms with E-state index >= 15 is 0 Å². The summed E-state index contributed by atoms with van der Waals surface area (Å²) in [4.78, 5) is 0. The van der Waals surface area contributed by atoms with Gasteiger partial charge in [0.1, 0.15) is 0 Å². The Morgan fingerprint density at radius 2 is 2.00 bits per heavy atom. The predicted molar refractivity (Wildman–Crippen MR) is 59.9 cm³/mol. The molecule has 0 heterocycles. The van der Waals surface area contributed by atoms with Crippen molar-refractivity contribution in [2.45, 2.75) is 0 Å². The zero-order valence-electron chi connectivity index (χ0n) is 6.78. The van der Waals surface area contributed by atoms with Crippen molar-refractivity contribution in [3.05, 3.63) is 39.9 Å². The summed E-state index contributed by atoms with van der Waals surface area (Å²) in [7, 11) is 0. The molecule has 4 heteroatoms. The van der Waals surface area contributed by atoms with Crippen LogP contribution >= 0.6 is 34.8 Å². The van der Waals surface area contributed by atoms with Gasteiger partial charge in [-0.2, -0.15) is 0 Å². The molecule has 1 aromatic rings. The summed E-state index contributed by atoms with van der Waals surface area (Å²) >= 11 is 17.1. The van der Waals surface area contributed by atoms with E-state index in [1.54, 1.807) is 12.1 Å². The van der Waals surface area contributed by atoms with Crippen LogP contribution in [0.25, 0.3) is 0 Å². The highest BCUT2D eigenvalue weighted by Crippen LogP contribution is 2.25. The third kappa shape index (κ3) is 3.47. The van der Waals surface area contributed by atoms with Crippen molar-refractivity contribution in [1.82, 2.24) is 0 Å². The van der Waals surface area contributed by atoms with Gasteiger partial charge in [0.15, 0.2) is 0 Å². The number of benzene rings is 1. The van der Waals surface area contributed by atoms with Crippen LogP contribution in [0.4, 0.5) is 5.69 Å². The fourth-order valence-corrected chi connectivity index (χ4v) is 1.17. The van der Waals surface area contributed by atoms with E-state index in [0.29, 0.717) is 21.6 Å². The first-order valence-corrected chi connectivity index (χ1v) is 4.75. The van der Waals surface area contributed by atoms with Crippen molar-refractivity contribution < 1.29 is 0 Å². The number of rotatable bonds is 3. The van der Waals surface area contributed by atoms with E-state index < -0.39 is 0 Å². The third-order valence-corrected chi connectivity index (χ3v) is 2.28. The molecule has 0 radical (unpaired) electrons. The molecule has 0 bridgehead atoms. The van der Waals surface area contributed by atoms with Crippen molar-refractivity contribution >= 4 is 40.5 Å². The average molecular weight is 237 g/mol. The van der Waals surface area contributed by atoms with Crippen LogP contribution in [0, 0.1) is 0 Å². The van der Waals surface area contributed by atoms with Crippen LogP contribution in [0.15, 0.2) is 29.8 Å². The Balaban J connectivity index is 2.68. The molecule has 1 N–H and O–H groups in total. The van der Waals surface area contributed by atoms with E-state index in [1.807, 2.05) is 6.07 Å². The van der Waals surface area contributed by atoms with Crippen LogP contribution < -0.4 is 5.32 Å². The van der Waals surface area contributed by atoms with E-state index in [4.69, 9.17) is 34.8 Å². The van der Waals surface area contributed by atoms with Crippen molar-refractivity contribution in [3.8, 4) is 0 Å². The molecule has 0 fully saturated rings. The number of halogens is 3. The standard InChI is InChI=1S/C9H8Cl3N/c1-6(10)5-13-7-2-3-8(11)9(12)4-7/h2-4,13H,1,5H2. The minimum Gasteiger partial charge on any atom is -0.380 e. The Hall–Kier alpha value is -0.370. The predicted octanol–water partition coefficient (Wildman–Crippen LogP) is 4.16. The highest BCUT2D eigenvalue weighted by molar-refractivity contribution is 6.42. The molecule has 1 rings (SSSR count). The zero-order chi connectivity index (χ0) is 9.84. The molecule has 0 aliphatic carbocycles. The SMILES string of the molecule is C=C(Cl)CNc1ccc(Cl)c(Cl)c1. The molecule has 0 aliphatic rings. The van der Waals surface area contributed by atoms with Crippen molar-refractivity contribution in [2.24, 2.45) is 0 Å². The highest BCUT2D eigenvalue weighted by atomic mass is 35.5. The normalized spacial score (nSPS) is 9.77. The van der Waals surface area contributed by atoms with Gasteiger partial charge >= 0.3 is 0 Å². The summed E-state index contributed by atoms with van der Waals surface area (Å²) in [6, 6.07) is 5.29. The molecule has 0 unspecified atom stereocenters. The first-order valence-electron chi connectivity index (χ1n) is 3.62. The van der Waals surface area contributed by atoms with Crippen LogP contribution in [0.2, 0.25) is 10.0 Å². The number of anilines is 1. The number of hydrogen-bond acceptors (Lipinski definition) is 1. The smallest absolute Gasteiger partial charge is 0.0612 e. The maximum atomic E-state index is 5.80. The average Bonchev–Trinajstić information content (AvgIpc) is 2.07. The first kappa shape index (κ1) is 10.7. The Bertz CT molecular complexity index is 323. The van der Waals surface area contributed by atoms with Crippen molar-refractivity contribution in [1.29, 1.82) is 0 Å². The second kappa shape index (κ2) is 4.75. The summed E-state index contributed by atoms with van der Waals surface area (Å²) < 4.78 is 0. The monoisotopic (exact) mass is 235 g/mol. The van der Waals surface area contributed by atoms with Crippen LogP contribution in [0.1, 0.15) is 0 Å². The molecular formula is C9H8Cl3N. The zero-order valence-corrected chi connectivity index (χ0v) is 9.05. The summed E-state index contributed by atoms with van der Waals surface area (Å²) in [5, 5.41) is 4.64. The van der Waals surface area contributed by atoms with Crippen molar-refractivity contribution in [2.75, 3.05) is 11.9 Å². The van der Waals surface area contributed by atoms with Gasteiger partial charge in [0.2, 0.25) is 0 Å². The largest absolute Gasteiger partial charge is 0.380 e. The fraction of sp³-hybridized carbons (Fsp3) is 0.111. The molecule has 0 amide bonds. The molecule has 0 atom stereocenters. The van der Waals surface area contributed by atoms with Crippen molar-refractivity contribution in [3.63, 3.8) is 0 Å². The lowest BCUT2D eigenvalue weighted by atomic mass is 10.3. The second-order valence-corrected chi connectivity index (χ2v) is 3.85. The summed E-state index contributed by atoms with van der Waals surface area (Å²) in [6.07, 6.45) is 0. The Labute approximate surface area is 92.3 Å². The van der Waals surface area contributed by atoms with Crippen LogP contribution in [0.3, 0.4) is 0 Å². The maximum absolute atomic E-state index is 5.80. The van der Waals surface area contributed by atoms with E-state index in [2.05, 4.69) is 11.9 Å². The quantitative estimate of drug-likeness (QED) is 0.831. The van der Waals surface area contributed by atoms with Gasteiger partial charge in [0, 0.05) is 10.7 Å². The van der Waals surface area contributed by atoms with E-state index in [1.165, 1.54) is 0 Å². The third-order valence-electron chi connectivity index (χ3n) is 1.40. The van der Waals surface area contributed by atoms with Crippen LogP contribution in [0.5, 0.6) is 0 Å². The highest BCUT2D eigenvalue weighted by Gasteiger charge is 1.98. The number of nitrogens with one attached hydrogen (secondary N) is 1. The Morgan fingerprint density at radius 3 is 2.54 bits per heavy atom. The van der Waals surface area contributed by atoms with Gasteiger partial charge in [-0.3, -0.25) is 0 Å². The molecule has 13 heavy (non-hydrogen) atoms. The molecule has 1 aromatic carbocycles. The lowest BCUT2D eigenvalue weighted by Gasteiger charge is -2.05. The maximum Gasteiger partial charge on any atom is 0.0612 e. The lowest BCUT2D eigenvalue weighted by molar-refractivity contribution is 1.32. The van der Waals surface area contributed by atoms with Crippen LogP contribution in [-0.4, -0.2) is 6.54 Å². The second-order valence-electron chi connectivity index (χ2n) is 2.50. The molecule has 0 spiro atoms. The number of hydrogen-bond donors (Lipinski definition) is 1. The van der Waals surface area contributed by atoms with Gasteiger partial charge in [-0.25, -0.2) is 0 Å². The van der Waals surface area contributed by atoms with Gasteiger partial charge < -0.3 is 5.32 Å². The van der Waals surface area contributed by atoms with Gasteiger partial charge in [0.05, 0.1) is 16.6 Å². The molecule has 0 aliphatic heterocycles. The first-order chi connectivity index (χ1) is 6.09. The molecule has 1 nitrogen and oxygen atoms in total. The molecule has 0 saturated heterocycles. The fourth-order valence-electron chi connectivity index (χ4n) is 0.804. The molecule has 0 aromatic heterocycles. The lowest BCUT2D eigenvalue weighted by Crippen LogP contribution is -2.00. The van der Waals surface area contributed by atoms with Gasteiger partial charge in [-0.15, -0.1) is 0 Å². The Morgan fingerprint density at radius 1 is 1.31 bits per heavy atom.